The van der Waals surface area contributed by atoms with E-state index in [-0.39, 0.29) is 18.3 Å². The summed E-state index contributed by atoms with van der Waals surface area (Å²) in [6, 6.07) is 12.6. The predicted molar refractivity (Wildman–Crippen MR) is 94.8 cm³/mol. The van der Waals surface area contributed by atoms with Gasteiger partial charge in [0.15, 0.2) is 0 Å². The SMILES string of the molecule is COc1ccc(CC(=O)Nc2nnc(-c3ccc(Cl)cc3)o2)cc1C. The van der Waals surface area contributed by atoms with Gasteiger partial charge in [0, 0.05) is 10.6 Å². The highest BCUT2D eigenvalue weighted by Gasteiger charge is 2.12. The van der Waals surface area contributed by atoms with E-state index in [0.29, 0.717) is 10.9 Å². The second-order valence-corrected chi connectivity index (χ2v) is 5.88. The van der Waals surface area contributed by atoms with Crippen molar-refractivity contribution in [3.05, 3.63) is 58.6 Å². The average molecular weight is 358 g/mol. The van der Waals surface area contributed by atoms with E-state index in [1.54, 1.807) is 31.4 Å². The molecule has 0 saturated heterocycles. The Hall–Kier alpha value is -2.86. The number of halogens is 1. The minimum Gasteiger partial charge on any atom is -0.496 e. The normalized spacial score (nSPS) is 10.5. The summed E-state index contributed by atoms with van der Waals surface area (Å²) < 4.78 is 10.7. The number of benzene rings is 2. The van der Waals surface area contributed by atoms with Crippen LogP contribution in [-0.2, 0) is 11.2 Å². The van der Waals surface area contributed by atoms with E-state index >= 15 is 0 Å². The van der Waals surface area contributed by atoms with Crippen LogP contribution in [0.2, 0.25) is 5.02 Å². The number of methoxy groups -OCH3 is 1. The van der Waals surface area contributed by atoms with Gasteiger partial charge in [-0.2, -0.15) is 0 Å². The second kappa shape index (κ2) is 7.36. The highest BCUT2D eigenvalue weighted by molar-refractivity contribution is 6.30. The van der Waals surface area contributed by atoms with Gasteiger partial charge in [-0.25, -0.2) is 0 Å². The summed E-state index contributed by atoms with van der Waals surface area (Å²) in [5, 5.41) is 11.0. The van der Waals surface area contributed by atoms with Gasteiger partial charge in [0.25, 0.3) is 0 Å². The van der Waals surface area contributed by atoms with Crippen LogP contribution in [-0.4, -0.2) is 23.2 Å². The van der Waals surface area contributed by atoms with Crippen molar-refractivity contribution in [3.63, 3.8) is 0 Å². The minimum absolute atomic E-state index is 0.0557. The van der Waals surface area contributed by atoms with Crippen LogP contribution in [0, 0.1) is 6.92 Å². The molecule has 1 N–H and O–H groups in total. The molecule has 0 atom stereocenters. The number of rotatable bonds is 5. The van der Waals surface area contributed by atoms with Crippen LogP contribution in [0.1, 0.15) is 11.1 Å². The molecule has 1 heterocycles. The van der Waals surface area contributed by atoms with Crippen LogP contribution >= 0.6 is 11.6 Å². The standard InChI is InChI=1S/C18H16ClN3O3/c1-11-9-12(3-8-15(11)24-2)10-16(23)20-18-22-21-17(25-18)13-4-6-14(19)7-5-13/h3-9H,10H2,1-2H3,(H,20,22,23). The topological polar surface area (TPSA) is 77.2 Å². The number of carbonyl (C=O) groups is 1. The zero-order chi connectivity index (χ0) is 17.8. The molecule has 0 aliphatic rings. The number of anilines is 1. The Balaban J connectivity index is 1.65. The van der Waals surface area contributed by atoms with Crippen LogP contribution in [0.4, 0.5) is 6.01 Å². The Kier molecular flexibility index (Phi) is 5.00. The Labute approximate surface area is 149 Å². The maximum Gasteiger partial charge on any atom is 0.322 e. The molecule has 2 aromatic carbocycles. The minimum atomic E-state index is -0.240. The van der Waals surface area contributed by atoms with Crippen LogP contribution in [0.25, 0.3) is 11.5 Å². The first-order chi connectivity index (χ1) is 12.0. The fourth-order valence-corrected chi connectivity index (χ4v) is 2.51. The van der Waals surface area contributed by atoms with E-state index in [1.165, 1.54) is 0 Å². The lowest BCUT2D eigenvalue weighted by Gasteiger charge is -2.07. The van der Waals surface area contributed by atoms with Crippen LogP contribution in [0.15, 0.2) is 46.9 Å². The maximum atomic E-state index is 12.2. The zero-order valence-corrected chi connectivity index (χ0v) is 14.5. The summed E-state index contributed by atoms with van der Waals surface area (Å²) in [6.07, 6.45) is 0.198. The number of ether oxygens (including phenoxy) is 1. The largest absolute Gasteiger partial charge is 0.496 e. The van der Waals surface area contributed by atoms with Gasteiger partial charge in [-0.3, -0.25) is 10.1 Å². The molecule has 7 heteroatoms. The maximum absolute atomic E-state index is 12.2. The Morgan fingerprint density at radius 1 is 1.20 bits per heavy atom. The van der Waals surface area contributed by atoms with Gasteiger partial charge >= 0.3 is 6.01 Å². The molecule has 128 valence electrons. The summed E-state index contributed by atoms with van der Waals surface area (Å²) in [6.45, 7) is 1.93. The summed E-state index contributed by atoms with van der Waals surface area (Å²) in [5.41, 5.74) is 2.56. The Morgan fingerprint density at radius 3 is 2.64 bits per heavy atom. The highest BCUT2D eigenvalue weighted by atomic mass is 35.5. The first-order valence-electron chi connectivity index (χ1n) is 7.58. The van der Waals surface area contributed by atoms with E-state index in [9.17, 15) is 4.79 Å². The van der Waals surface area contributed by atoms with Gasteiger partial charge in [0.2, 0.25) is 11.8 Å². The molecule has 0 aliphatic carbocycles. The Morgan fingerprint density at radius 2 is 1.96 bits per heavy atom. The Bertz CT molecular complexity index is 891. The first kappa shape index (κ1) is 17.0. The number of carbonyl (C=O) groups excluding carboxylic acids is 1. The fraction of sp³-hybridized carbons (Fsp3) is 0.167. The van der Waals surface area contributed by atoms with Crippen molar-refractivity contribution in [2.45, 2.75) is 13.3 Å². The zero-order valence-electron chi connectivity index (χ0n) is 13.7. The highest BCUT2D eigenvalue weighted by Crippen LogP contribution is 2.22. The summed E-state index contributed by atoms with van der Waals surface area (Å²) in [5.74, 6) is 0.858. The lowest BCUT2D eigenvalue weighted by Crippen LogP contribution is -2.14. The van der Waals surface area contributed by atoms with Crippen LogP contribution < -0.4 is 10.1 Å². The van der Waals surface area contributed by atoms with E-state index in [4.69, 9.17) is 20.8 Å². The van der Waals surface area contributed by atoms with Gasteiger partial charge in [0.05, 0.1) is 13.5 Å². The third-order valence-corrected chi connectivity index (χ3v) is 3.84. The summed E-state index contributed by atoms with van der Waals surface area (Å²) in [4.78, 5) is 12.2. The molecular formula is C18H16ClN3O3. The molecule has 1 aromatic heterocycles. The van der Waals surface area contributed by atoms with Crippen LogP contribution in [0.5, 0.6) is 5.75 Å². The van der Waals surface area contributed by atoms with Crippen LogP contribution in [0.3, 0.4) is 0 Å². The third kappa shape index (κ3) is 4.16. The molecule has 0 spiro atoms. The number of hydrogen-bond acceptors (Lipinski definition) is 5. The summed E-state index contributed by atoms with van der Waals surface area (Å²) in [7, 11) is 1.61. The van der Waals surface area contributed by atoms with Gasteiger partial charge in [-0.15, -0.1) is 5.10 Å². The second-order valence-electron chi connectivity index (χ2n) is 5.45. The number of aromatic nitrogens is 2. The predicted octanol–water partition coefficient (Wildman–Crippen LogP) is 3.89. The van der Waals surface area contributed by atoms with Crippen molar-refractivity contribution in [1.82, 2.24) is 10.2 Å². The average Bonchev–Trinajstić information content (AvgIpc) is 3.04. The number of nitrogens with zero attached hydrogens (tertiary/aromatic N) is 2. The molecule has 6 nitrogen and oxygen atoms in total. The molecule has 25 heavy (non-hydrogen) atoms. The first-order valence-corrected chi connectivity index (χ1v) is 7.96. The quantitative estimate of drug-likeness (QED) is 0.749. The number of nitrogens with one attached hydrogen (secondary N) is 1. The van der Waals surface area contributed by atoms with Gasteiger partial charge in [-0.1, -0.05) is 28.8 Å². The molecule has 1 amide bonds. The monoisotopic (exact) mass is 357 g/mol. The molecule has 0 radical (unpaired) electrons. The molecule has 0 bridgehead atoms. The van der Waals surface area contributed by atoms with Gasteiger partial charge in [0.1, 0.15) is 5.75 Å². The van der Waals surface area contributed by atoms with E-state index in [0.717, 1.165) is 22.4 Å². The number of amides is 1. The molecule has 3 rings (SSSR count). The molecule has 3 aromatic rings. The third-order valence-electron chi connectivity index (χ3n) is 3.59. The van der Waals surface area contributed by atoms with Crippen molar-refractivity contribution in [2.24, 2.45) is 0 Å². The van der Waals surface area contributed by atoms with Crippen molar-refractivity contribution >= 4 is 23.5 Å². The molecule has 0 unspecified atom stereocenters. The van der Waals surface area contributed by atoms with E-state index in [1.807, 2.05) is 25.1 Å². The van der Waals surface area contributed by atoms with Gasteiger partial charge in [-0.05, 0) is 48.4 Å². The smallest absolute Gasteiger partial charge is 0.322 e. The van der Waals surface area contributed by atoms with E-state index < -0.39 is 0 Å². The lowest BCUT2D eigenvalue weighted by atomic mass is 10.1. The van der Waals surface area contributed by atoms with Crippen molar-refractivity contribution in [1.29, 1.82) is 0 Å². The molecule has 0 saturated carbocycles. The fourth-order valence-electron chi connectivity index (χ4n) is 2.38. The molecule has 0 aliphatic heterocycles. The molecule has 0 fully saturated rings. The van der Waals surface area contributed by atoms with Crippen molar-refractivity contribution in [3.8, 4) is 17.2 Å². The van der Waals surface area contributed by atoms with Crippen molar-refractivity contribution in [2.75, 3.05) is 12.4 Å². The lowest BCUT2D eigenvalue weighted by molar-refractivity contribution is -0.115. The number of hydrogen-bond donors (Lipinski definition) is 1. The summed E-state index contributed by atoms with van der Waals surface area (Å²) >= 11 is 5.85. The van der Waals surface area contributed by atoms with E-state index in [2.05, 4.69) is 15.5 Å². The van der Waals surface area contributed by atoms with Gasteiger partial charge < -0.3 is 9.15 Å². The van der Waals surface area contributed by atoms with Crippen molar-refractivity contribution < 1.29 is 13.9 Å². The molecular weight excluding hydrogens is 342 g/mol. The number of aryl methyl sites for hydroxylation is 1.